The van der Waals surface area contributed by atoms with Gasteiger partial charge in [-0.3, -0.25) is 9.59 Å². The minimum Gasteiger partial charge on any atom is -0.493 e. The van der Waals surface area contributed by atoms with Gasteiger partial charge < -0.3 is 19.7 Å². The molecule has 2 amide bonds. The van der Waals surface area contributed by atoms with Crippen molar-refractivity contribution in [1.82, 2.24) is 10.2 Å². The number of amides is 2. The zero-order valence-corrected chi connectivity index (χ0v) is 18.8. The van der Waals surface area contributed by atoms with Gasteiger partial charge in [0.15, 0.2) is 11.5 Å². The highest BCUT2D eigenvalue weighted by Crippen LogP contribution is 2.46. The monoisotopic (exact) mass is 416 g/mol. The first-order valence-electron chi connectivity index (χ1n) is 11.2. The number of methoxy groups -OCH3 is 2. The number of benzene rings is 1. The summed E-state index contributed by atoms with van der Waals surface area (Å²) in [5.41, 5.74) is 0.507. The number of hydrogen-bond donors (Lipinski definition) is 1. The Morgan fingerprint density at radius 2 is 1.97 bits per heavy atom. The van der Waals surface area contributed by atoms with Crippen LogP contribution in [0.3, 0.4) is 0 Å². The molecule has 2 aliphatic rings. The summed E-state index contributed by atoms with van der Waals surface area (Å²) in [4.78, 5) is 28.2. The van der Waals surface area contributed by atoms with Gasteiger partial charge in [-0.2, -0.15) is 0 Å². The van der Waals surface area contributed by atoms with Crippen LogP contribution in [0.4, 0.5) is 0 Å². The van der Waals surface area contributed by atoms with Gasteiger partial charge in [-0.25, -0.2) is 0 Å². The number of piperidine rings is 1. The molecular weight excluding hydrogens is 380 g/mol. The number of carbonyl (C=O) groups is 2. The van der Waals surface area contributed by atoms with Crippen molar-refractivity contribution in [3.63, 3.8) is 0 Å². The fraction of sp³-hybridized carbons (Fsp3) is 0.667. The summed E-state index contributed by atoms with van der Waals surface area (Å²) in [7, 11) is 3.22. The van der Waals surface area contributed by atoms with E-state index in [0.29, 0.717) is 36.8 Å². The minimum absolute atomic E-state index is 0.0247. The van der Waals surface area contributed by atoms with Gasteiger partial charge in [0.2, 0.25) is 11.8 Å². The van der Waals surface area contributed by atoms with E-state index in [4.69, 9.17) is 9.47 Å². The summed E-state index contributed by atoms with van der Waals surface area (Å²) in [6, 6.07) is 5.72. The fourth-order valence-electron chi connectivity index (χ4n) is 5.02. The van der Waals surface area contributed by atoms with Crippen molar-refractivity contribution in [2.45, 2.75) is 71.4 Å². The van der Waals surface area contributed by atoms with Crippen molar-refractivity contribution in [2.75, 3.05) is 20.8 Å². The van der Waals surface area contributed by atoms with Gasteiger partial charge in [0, 0.05) is 25.6 Å². The lowest BCUT2D eigenvalue weighted by Gasteiger charge is -2.51. The molecule has 6 heteroatoms. The van der Waals surface area contributed by atoms with Crippen molar-refractivity contribution in [1.29, 1.82) is 0 Å². The molecule has 30 heavy (non-hydrogen) atoms. The molecule has 1 aromatic rings. The second-order valence-corrected chi connectivity index (χ2v) is 9.06. The van der Waals surface area contributed by atoms with E-state index in [0.717, 1.165) is 44.2 Å². The Morgan fingerprint density at radius 3 is 2.67 bits per heavy atom. The van der Waals surface area contributed by atoms with Crippen LogP contribution in [0.15, 0.2) is 18.2 Å². The molecule has 6 nitrogen and oxygen atoms in total. The second kappa shape index (κ2) is 9.71. The molecule has 0 radical (unpaired) electrons. The Labute approximate surface area is 180 Å². The third-order valence-electron chi connectivity index (χ3n) is 6.77. The number of rotatable bonds is 8. The first-order chi connectivity index (χ1) is 14.4. The molecule has 3 rings (SSSR count). The van der Waals surface area contributed by atoms with Gasteiger partial charge >= 0.3 is 0 Å². The third-order valence-corrected chi connectivity index (χ3v) is 6.77. The van der Waals surface area contributed by atoms with Gasteiger partial charge in [0.1, 0.15) is 0 Å². The molecule has 1 aliphatic carbocycles. The average Bonchev–Trinajstić information content (AvgIpc) is 2.76. The summed E-state index contributed by atoms with van der Waals surface area (Å²) in [5, 5.41) is 3.17. The highest BCUT2D eigenvalue weighted by atomic mass is 16.5. The Morgan fingerprint density at radius 1 is 1.20 bits per heavy atom. The number of likely N-dealkylation sites (tertiary alicyclic amines) is 1. The second-order valence-electron chi connectivity index (χ2n) is 9.06. The molecule has 0 spiro atoms. The quantitative estimate of drug-likeness (QED) is 0.697. The molecule has 1 saturated carbocycles. The highest BCUT2D eigenvalue weighted by molar-refractivity contribution is 5.88. The average molecular weight is 417 g/mol. The summed E-state index contributed by atoms with van der Waals surface area (Å²) < 4.78 is 10.7. The van der Waals surface area contributed by atoms with Crippen LogP contribution in [0.25, 0.3) is 0 Å². The molecule has 0 aromatic heterocycles. The maximum atomic E-state index is 13.5. The Balaban J connectivity index is 1.74. The maximum Gasteiger partial charge on any atom is 0.228 e. The molecule has 0 bridgehead atoms. The molecule has 1 saturated heterocycles. The molecular formula is C24H36N2O4. The predicted octanol–water partition coefficient (Wildman–Crippen LogP) is 3.92. The molecule has 2 atom stereocenters. The van der Waals surface area contributed by atoms with Crippen molar-refractivity contribution in [3.05, 3.63) is 23.8 Å². The maximum absolute atomic E-state index is 13.5. The van der Waals surface area contributed by atoms with Crippen LogP contribution in [-0.4, -0.2) is 43.5 Å². The van der Waals surface area contributed by atoms with Gasteiger partial charge in [-0.05, 0) is 49.3 Å². The van der Waals surface area contributed by atoms with Crippen molar-refractivity contribution in [3.8, 4) is 11.5 Å². The topological polar surface area (TPSA) is 67.9 Å². The van der Waals surface area contributed by atoms with Crippen LogP contribution < -0.4 is 14.8 Å². The normalized spacial score (nSPS) is 23.8. The summed E-state index contributed by atoms with van der Waals surface area (Å²) in [5.74, 6) is 2.16. The number of nitrogens with one attached hydrogen (secondary N) is 1. The largest absolute Gasteiger partial charge is 0.493 e. The molecule has 1 N–H and O–H groups in total. The van der Waals surface area contributed by atoms with E-state index < -0.39 is 5.41 Å². The van der Waals surface area contributed by atoms with E-state index in [1.54, 1.807) is 14.2 Å². The third kappa shape index (κ3) is 4.57. The molecule has 1 aromatic carbocycles. The lowest BCUT2D eigenvalue weighted by Crippen LogP contribution is -2.61. The van der Waals surface area contributed by atoms with E-state index in [9.17, 15) is 9.59 Å². The molecule has 1 aliphatic heterocycles. The lowest BCUT2D eigenvalue weighted by molar-refractivity contribution is -0.155. The first kappa shape index (κ1) is 22.4. The van der Waals surface area contributed by atoms with Crippen LogP contribution in [0, 0.1) is 11.3 Å². The first-order valence-corrected chi connectivity index (χ1v) is 11.2. The minimum atomic E-state index is -0.459. The number of hydrogen-bond acceptors (Lipinski definition) is 4. The smallest absolute Gasteiger partial charge is 0.228 e. The van der Waals surface area contributed by atoms with Crippen LogP contribution >= 0.6 is 0 Å². The molecule has 166 valence electrons. The zero-order chi connectivity index (χ0) is 21.7. The molecule has 1 heterocycles. The van der Waals surface area contributed by atoms with Gasteiger partial charge in [0.25, 0.3) is 0 Å². The van der Waals surface area contributed by atoms with E-state index in [1.165, 1.54) is 0 Å². The summed E-state index contributed by atoms with van der Waals surface area (Å²) >= 11 is 0. The van der Waals surface area contributed by atoms with Crippen molar-refractivity contribution in [2.24, 2.45) is 11.3 Å². The summed E-state index contributed by atoms with van der Waals surface area (Å²) in [6.07, 6.45) is 6.03. The number of nitrogens with zero attached hydrogens (tertiary/aromatic N) is 1. The Bertz CT molecular complexity index is 764. The SMILES string of the molecule is COc1ccc(CNC(=O)[C@@]23CCCC[C@H]2N(CCC(C)C)C(=O)CC3)cc1OC. The van der Waals surface area contributed by atoms with Crippen LogP contribution in [0.1, 0.15) is 64.4 Å². The number of fused-ring (bicyclic) bond motifs is 1. The fourth-order valence-corrected chi connectivity index (χ4v) is 5.02. The Kier molecular flexibility index (Phi) is 7.27. The van der Waals surface area contributed by atoms with Crippen molar-refractivity contribution < 1.29 is 19.1 Å². The molecule has 0 unspecified atom stereocenters. The van der Waals surface area contributed by atoms with Gasteiger partial charge in [0.05, 0.1) is 19.6 Å². The number of carbonyl (C=O) groups excluding carboxylic acids is 2. The lowest BCUT2D eigenvalue weighted by atomic mass is 9.64. The number of ether oxygens (including phenoxy) is 2. The van der Waals surface area contributed by atoms with Gasteiger partial charge in [-0.1, -0.05) is 32.8 Å². The van der Waals surface area contributed by atoms with E-state index >= 15 is 0 Å². The Hall–Kier alpha value is -2.24. The van der Waals surface area contributed by atoms with Gasteiger partial charge in [-0.15, -0.1) is 0 Å². The summed E-state index contributed by atoms with van der Waals surface area (Å²) in [6.45, 7) is 5.55. The zero-order valence-electron chi connectivity index (χ0n) is 18.8. The van der Waals surface area contributed by atoms with E-state index in [2.05, 4.69) is 19.2 Å². The predicted molar refractivity (Wildman–Crippen MR) is 116 cm³/mol. The van der Waals surface area contributed by atoms with E-state index in [-0.39, 0.29) is 17.9 Å². The van der Waals surface area contributed by atoms with Crippen molar-refractivity contribution >= 4 is 11.8 Å². The van der Waals surface area contributed by atoms with E-state index in [1.807, 2.05) is 23.1 Å². The standard InChI is InChI=1S/C24H36N2O4/c1-17(2)11-14-26-21-7-5-6-12-24(21,13-10-22(26)27)23(28)25-16-18-8-9-19(29-3)20(15-18)30-4/h8-9,15,17,21H,5-7,10-14,16H2,1-4H3,(H,25,28)/t21-,24-/m1/s1. The highest BCUT2D eigenvalue weighted by Gasteiger charge is 2.52. The van der Waals surface area contributed by atoms with Crippen LogP contribution in [0.2, 0.25) is 0 Å². The van der Waals surface area contributed by atoms with Crippen LogP contribution in [0.5, 0.6) is 11.5 Å². The molecule has 2 fully saturated rings. The van der Waals surface area contributed by atoms with Crippen LogP contribution in [-0.2, 0) is 16.1 Å².